The highest BCUT2D eigenvalue weighted by molar-refractivity contribution is 14.2. The summed E-state index contributed by atoms with van der Waals surface area (Å²) in [6.45, 7) is 7.11. The predicted octanol–water partition coefficient (Wildman–Crippen LogP) is 3.07. The van der Waals surface area contributed by atoms with Gasteiger partial charge in [0.15, 0.2) is 0 Å². The molecule has 0 amide bonds. The van der Waals surface area contributed by atoms with E-state index in [0.29, 0.717) is 12.9 Å². The van der Waals surface area contributed by atoms with E-state index in [0.717, 1.165) is 0 Å². The summed E-state index contributed by atoms with van der Waals surface area (Å²) >= 11 is 2.10. The maximum absolute atomic E-state index is 11.2. The summed E-state index contributed by atoms with van der Waals surface area (Å²) in [4.78, 5) is 18.3. The summed E-state index contributed by atoms with van der Waals surface area (Å²) in [6.07, 6.45) is 0.334. The van der Waals surface area contributed by atoms with E-state index >= 15 is 0 Å². The van der Waals surface area contributed by atoms with E-state index in [4.69, 9.17) is 14.3 Å². The molecule has 4 nitrogen and oxygen atoms in total. The summed E-state index contributed by atoms with van der Waals surface area (Å²) < 4.78 is 16.6. The van der Waals surface area contributed by atoms with Gasteiger partial charge in [-0.2, -0.15) is 0 Å². The summed E-state index contributed by atoms with van der Waals surface area (Å²) in [7, 11) is -4.07. The number of rotatable bonds is 5. The first-order valence-electron chi connectivity index (χ1n) is 4.11. The Balaban J connectivity index is 4.58. The predicted molar refractivity (Wildman–Crippen MR) is 68.2 cm³/mol. The van der Waals surface area contributed by atoms with E-state index < -0.39 is 18.4 Å². The maximum Gasteiger partial charge on any atom is 0.331 e. The smallest absolute Gasteiger partial charge is 0.331 e. The molecule has 1 unspecified atom stereocenters. The average Bonchev–Trinajstić information content (AvgIpc) is 1.80. The van der Waals surface area contributed by atoms with Crippen LogP contribution in [0.4, 0.5) is 0 Å². The number of hydrogen-bond donors (Lipinski definition) is 2. The van der Waals surface area contributed by atoms with Gasteiger partial charge in [0, 0.05) is 0 Å². The van der Waals surface area contributed by atoms with Crippen molar-refractivity contribution in [2.45, 2.75) is 44.9 Å². The molecule has 1 atom stereocenters. The zero-order valence-electron chi connectivity index (χ0n) is 8.74. The van der Waals surface area contributed by atoms with E-state index in [2.05, 4.69) is 22.0 Å². The van der Waals surface area contributed by atoms with Gasteiger partial charge in [0.1, 0.15) is 0 Å². The first-order chi connectivity index (χ1) is 6.02. The van der Waals surface area contributed by atoms with Crippen molar-refractivity contribution in [1.82, 2.24) is 0 Å². The van der Waals surface area contributed by atoms with Gasteiger partial charge in [0.25, 0.3) is 0 Å². The molecule has 2 N–H and O–H groups in total. The van der Waals surface area contributed by atoms with E-state index in [1.54, 1.807) is 13.8 Å². The van der Waals surface area contributed by atoms with Crippen LogP contribution in [0.1, 0.15) is 34.1 Å². The lowest BCUT2D eigenvalue weighted by molar-refractivity contribution is 0.109. The molecule has 0 heterocycles. The van der Waals surface area contributed by atoms with Crippen molar-refractivity contribution in [3.63, 3.8) is 0 Å². The van der Waals surface area contributed by atoms with Crippen molar-refractivity contribution >= 4 is 36.1 Å². The van der Waals surface area contributed by atoms with E-state index in [9.17, 15) is 4.57 Å². The highest BCUT2D eigenvalue weighted by Gasteiger charge is 2.42. The van der Waals surface area contributed by atoms with Crippen LogP contribution >= 0.6 is 36.1 Å². The quantitative estimate of drug-likeness (QED) is 0.588. The average molecular weight is 354 g/mol. The number of hydrogen-bond acceptors (Lipinski definition) is 2. The van der Waals surface area contributed by atoms with Crippen LogP contribution in [-0.2, 0) is 9.09 Å². The first-order valence-corrected chi connectivity index (χ1v) is 9.75. The maximum atomic E-state index is 11.2. The van der Waals surface area contributed by atoms with Crippen molar-refractivity contribution in [2.24, 2.45) is 0 Å². The molecule has 7 heteroatoms. The molecule has 86 valence electrons. The molecule has 0 aromatic rings. The van der Waals surface area contributed by atoms with Gasteiger partial charge >= 0.3 is 7.60 Å². The monoisotopic (exact) mass is 354 g/mol. The lowest BCUT2D eigenvalue weighted by atomic mass is 9.96. The van der Waals surface area contributed by atoms with E-state index in [1.807, 2.05) is 13.8 Å². The summed E-state index contributed by atoms with van der Waals surface area (Å²) in [6, 6.07) is 0. The van der Waals surface area contributed by atoms with Gasteiger partial charge in [-0.3, -0.25) is 4.57 Å². The van der Waals surface area contributed by atoms with Crippen LogP contribution in [0.15, 0.2) is 0 Å². The van der Waals surface area contributed by atoms with E-state index in [-0.39, 0.29) is 0 Å². The van der Waals surface area contributed by atoms with Crippen molar-refractivity contribution in [1.29, 1.82) is 0 Å². The molecule has 0 aliphatic rings. The molecule has 0 bridgehead atoms. The largest absolute Gasteiger partial charge is 0.346 e. The van der Waals surface area contributed by atoms with Crippen molar-refractivity contribution in [3.05, 3.63) is 0 Å². The standard InChI is InChI=1S/C7H17IO4P2/c1-6(2,12-13-8)5-7(3,4)14(9,10)11/h13H,5H2,1-4H3,(H2,9,10,11). The molecule has 0 saturated heterocycles. The molecule has 0 saturated carbocycles. The number of halogens is 1. The minimum absolute atomic E-state index is 0.296. The van der Waals surface area contributed by atoms with Crippen molar-refractivity contribution < 1.29 is 18.9 Å². The molecule has 0 radical (unpaired) electrons. The molecule has 14 heavy (non-hydrogen) atoms. The van der Waals surface area contributed by atoms with Gasteiger partial charge < -0.3 is 14.3 Å². The second-order valence-electron chi connectivity index (χ2n) is 4.47. The molecule has 0 aliphatic heterocycles. The fourth-order valence-electron chi connectivity index (χ4n) is 1.29. The fourth-order valence-corrected chi connectivity index (χ4v) is 3.94. The molecule has 0 aromatic carbocycles. The van der Waals surface area contributed by atoms with Gasteiger partial charge in [0.2, 0.25) is 0 Å². The third-order valence-electron chi connectivity index (χ3n) is 1.96. The fraction of sp³-hybridized carbons (Fsp3) is 1.00. The van der Waals surface area contributed by atoms with Crippen LogP contribution in [0, 0.1) is 0 Å². The Morgan fingerprint density at radius 3 is 2.07 bits per heavy atom. The summed E-state index contributed by atoms with van der Waals surface area (Å²) in [5, 5.41) is -1.03. The Hall–Kier alpha value is 1.27. The van der Waals surface area contributed by atoms with Gasteiger partial charge in [-0.05, 0) is 56.2 Å². The normalized spacial score (nSPS) is 15.4. The molecule has 0 rings (SSSR count). The van der Waals surface area contributed by atoms with Crippen molar-refractivity contribution in [3.8, 4) is 0 Å². The topological polar surface area (TPSA) is 66.8 Å². The highest BCUT2D eigenvalue weighted by Crippen LogP contribution is 2.54. The van der Waals surface area contributed by atoms with Crippen LogP contribution in [0.3, 0.4) is 0 Å². The van der Waals surface area contributed by atoms with Crippen LogP contribution in [0.5, 0.6) is 0 Å². The highest BCUT2D eigenvalue weighted by atomic mass is 127. The van der Waals surface area contributed by atoms with Crippen LogP contribution < -0.4 is 0 Å². The van der Waals surface area contributed by atoms with Gasteiger partial charge in [-0.15, -0.1) is 0 Å². The summed E-state index contributed by atoms with van der Waals surface area (Å²) in [5.41, 5.74) is -0.496. The minimum Gasteiger partial charge on any atom is -0.346 e. The molecular weight excluding hydrogens is 337 g/mol. The molecule has 0 aliphatic carbocycles. The van der Waals surface area contributed by atoms with Gasteiger partial charge in [-0.25, -0.2) is 0 Å². The van der Waals surface area contributed by atoms with Crippen LogP contribution in [0.25, 0.3) is 0 Å². The minimum atomic E-state index is -4.07. The molecule has 0 fully saturated rings. The van der Waals surface area contributed by atoms with Gasteiger partial charge in [0.05, 0.1) is 17.2 Å². The second-order valence-corrected chi connectivity index (χ2v) is 8.45. The van der Waals surface area contributed by atoms with Crippen molar-refractivity contribution in [2.75, 3.05) is 0 Å². The zero-order valence-corrected chi connectivity index (χ0v) is 12.8. The Bertz CT molecular complexity index is 236. The Labute approximate surface area is 99.7 Å². The van der Waals surface area contributed by atoms with Crippen LogP contribution in [0.2, 0.25) is 0 Å². The zero-order chi connectivity index (χ0) is 11.6. The molecule has 0 spiro atoms. The Kier molecular flexibility index (Phi) is 5.53. The summed E-state index contributed by atoms with van der Waals surface area (Å²) in [5.74, 6) is 0. The van der Waals surface area contributed by atoms with E-state index in [1.165, 1.54) is 0 Å². The van der Waals surface area contributed by atoms with Gasteiger partial charge in [-0.1, -0.05) is 0 Å². The third-order valence-corrected chi connectivity index (χ3v) is 4.99. The second kappa shape index (κ2) is 5.07. The SMILES string of the molecule is CC(C)(CC(C)(C)P(=O)(O)O)OPI. The molecular formula is C7H17IO4P2. The molecule has 0 aromatic heterocycles. The Morgan fingerprint density at radius 2 is 1.79 bits per heavy atom. The lowest BCUT2D eigenvalue weighted by Gasteiger charge is -2.34. The van der Waals surface area contributed by atoms with Crippen LogP contribution in [-0.4, -0.2) is 20.5 Å². The Morgan fingerprint density at radius 1 is 1.36 bits per heavy atom. The lowest BCUT2D eigenvalue weighted by Crippen LogP contribution is -2.33. The first kappa shape index (κ1) is 15.3. The third kappa shape index (κ3) is 4.86.